The smallest absolute Gasteiger partial charge is 0.407 e. The number of esters is 2. The second-order valence-electron chi connectivity index (χ2n) is 12.5. The van der Waals surface area contributed by atoms with Gasteiger partial charge in [-0.15, -0.1) is 22.0 Å². The van der Waals surface area contributed by atoms with Crippen molar-refractivity contribution >= 4 is 87.1 Å². The molecule has 1 saturated heterocycles. The van der Waals surface area contributed by atoms with Crippen molar-refractivity contribution in [2.24, 2.45) is 10.6 Å². The lowest BCUT2D eigenvalue weighted by atomic mass is 9.98. The zero-order valence-electron chi connectivity index (χ0n) is 28.0. The van der Waals surface area contributed by atoms with Crippen molar-refractivity contribution in [2.75, 3.05) is 37.2 Å². The number of rotatable bonds is 14. The number of nitrogens with two attached hydrogens (primary N) is 1. The molecule has 2 aliphatic heterocycles. The molecule has 4 N–H and O–H groups in total. The summed E-state index contributed by atoms with van der Waals surface area (Å²) in [6.07, 6.45) is -0.250. The van der Waals surface area contributed by atoms with Gasteiger partial charge in [0.25, 0.3) is 11.8 Å². The van der Waals surface area contributed by atoms with Crippen LogP contribution in [0.5, 0.6) is 0 Å². The number of alkyl carbamates (subject to hydrolysis) is 1. The van der Waals surface area contributed by atoms with Crippen LogP contribution in [-0.4, -0.2) is 108 Å². The summed E-state index contributed by atoms with van der Waals surface area (Å²) >= 11 is 4.84. The van der Waals surface area contributed by atoms with Gasteiger partial charge in [-0.2, -0.15) is 9.36 Å². The van der Waals surface area contributed by atoms with E-state index in [1.54, 1.807) is 47.1 Å². The number of nitrogen functional groups attached to an aromatic ring is 1. The highest BCUT2D eigenvalue weighted by Gasteiger charge is 2.55. The first kappa shape index (κ1) is 38.8. The second kappa shape index (κ2) is 16.8. The van der Waals surface area contributed by atoms with E-state index in [9.17, 15) is 24.0 Å². The highest BCUT2D eigenvalue weighted by Crippen LogP contribution is 2.42. The topological polar surface area (TPSA) is 240 Å². The molecule has 0 spiro atoms. The minimum atomic E-state index is -1.05. The SMILES string of the molecule is CC(C)(C)OC(=O)NCCCO/N=C(/C(=O)NC1C(=O)N2C(C(=O)OCOC(=O)C(C)(C)C)=C(CSc3nncs3)CS[C@H]12)c1nsc(N)n1. The largest absolute Gasteiger partial charge is 0.444 e. The molecule has 272 valence electrons. The Hall–Kier alpha value is -4.02. The van der Waals surface area contributed by atoms with Crippen LogP contribution >= 0.6 is 46.4 Å². The number of hydrogen-bond acceptors (Lipinski definition) is 19. The minimum Gasteiger partial charge on any atom is -0.444 e. The first-order valence-electron chi connectivity index (χ1n) is 15.0. The van der Waals surface area contributed by atoms with Crippen LogP contribution in [0.1, 0.15) is 53.8 Å². The van der Waals surface area contributed by atoms with E-state index in [2.05, 4.69) is 35.3 Å². The summed E-state index contributed by atoms with van der Waals surface area (Å²) in [4.78, 5) is 75.0. The van der Waals surface area contributed by atoms with Gasteiger partial charge >= 0.3 is 18.0 Å². The van der Waals surface area contributed by atoms with Crippen LogP contribution < -0.4 is 16.4 Å². The predicted molar refractivity (Wildman–Crippen MR) is 185 cm³/mol. The summed E-state index contributed by atoms with van der Waals surface area (Å²) in [6.45, 7) is 9.81. The van der Waals surface area contributed by atoms with E-state index in [4.69, 9.17) is 24.8 Å². The van der Waals surface area contributed by atoms with Crippen molar-refractivity contribution < 1.29 is 43.0 Å². The van der Waals surface area contributed by atoms with Crippen LogP contribution in [0.25, 0.3) is 0 Å². The summed E-state index contributed by atoms with van der Waals surface area (Å²) in [6, 6.07) is -1.05. The van der Waals surface area contributed by atoms with E-state index in [-0.39, 0.29) is 35.5 Å². The molecule has 18 nitrogen and oxygen atoms in total. The van der Waals surface area contributed by atoms with Crippen LogP contribution in [0.4, 0.5) is 9.93 Å². The molecule has 0 bridgehead atoms. The molecule has 2 aliphatic rings. The molecular formula is C28H37N9O9S4. The molecule has 0 radical (unpaired) electrons. The molecule has 1 unspecified atom stereocenters. The number of amides is 3. The average molecular weight is 772 g/mol. The third kappa shape index (κ3) is 10.5. The maximum atomic E-state index is 13.6. The highest BCUT2D eigenvalue weighted by molar-refractivity contribution is 8.01. The molecule has 2 atom stereocenters. The Balaban J connectivity index is 1.43. The number of thioether (sulfide) groups is 2. The Bertz CT molecular complexity index is 1630. The van der Waals surface area contributed by atoms with Gasteiger partial charge in [-0.3, -0.25) is 19.3 Å². The Labute approximate surface area is 303 Å². The second-order valence-corrected chi connectivity index (χ2v) is 16.5. The molecule has 0 aliphatic carbocycles. The number of nitrogens with one attached hydrogen (secondary N) is 2. The molecule has 3 amide bonds. The van der Waals surface area contributed by atoms with Gasteiger partial charge in [0.05, 0.1) is 5.41 Å². The molecule has 2 aromatic heterocycles. The number of fused-ring (bicyclic) bond motifs is 1. The summed E-state index contributed by atoms with van der Waals surface area (Å²) in [5.41, 5.74) is 6.12. The Kier molecular flexibility index (Phi) is 13.0. The lowest BCUT2D eigenvalue weighted by molar-refractivity contribution is -0.173. The summed E-state index contributed by atoms with van der Waals surface area (Å²) in [5, 5.41) is 16.4. The molecule has 22 heteroatoms. The maximum absolute atomic E-state index is 13.6. The third-order valence-electron chi connectivity index (χ3n) is 6.33. The number of carbonyl (C=O) groups excluding carboxylic acids is 5. The number of β-lactam (4-membered cyclic amide) rings is 1. The fraction of sp³-hybridized carbons (Fsp3) is 0.571. The van der Waals surface area contributed by atoms with Crippen molar-refractivity contribution in [3.63, 3.8) is 0 Å². The molecule has 1 fully saturated rings. The van der Waals surface area contributed by atoms with Gasteiger partial charge in [-0.05, 0) is 47.1 Å². The van der Waals surface area contributed by atoms with Gasteiger partial charge in [0.2, 0.25) is 18.3 Å². The van der Waals surface area contributed by atoms with Gasteiger partial charge in [0.15, 0.2) is 9.47 Å². The molecule has 2 aromatic rings. The summed E-state index contributed by atoms with van der Waals surface area (Å²) < 4.78 is 20.3. The third-order valence-corrected chi connectivity index (χ3v) is 10.2. The molecular weight excluding hydrogens is 735 g/mol. The van der Waals surface area contributed by atoms with Gasteiger partial charge in [-0.25, -0.2) is 9.59 Å². The van der Waals surface area contributed by atoms with Crippen LogP contribution in [0.15, 0.2) is 26.3 Å². The minimum absolute atomic E-state index is 0.000714. The Morgan fingerprint density at radius 3 is 2.56 bits per heavy atom. The van der Waals surface area contributed by atoms with E-state index >= 15 is 0 Å². The van der Waals surface area contributed by atoms with Gasteiger partial charge in [-0.1, -0.05) is 28.3 Å². The number of anilines is 1. The quantitative estimate of drug-likeness (QED) is 0.0474. The standard InChI is InChI=1S/C28H37N9O9S4/c1-27(2,3)23(41)44-13-43-22(40)17-14(11-48-26-34-31-12-49-26)10-47-21-16(20(39)37(17)21)32-19(38)15(18-33-24(29)50-36-18)35-45-9-7-8-30-25(42)46-28(4,5)6/h12,16,21H,7-11,13H2,1-6H3,(H,30,42)(H,32,38)(H2,29,33,36)/b35-15+/t16?,21-/m1/s1. The Morgan fingerprint density at radius 2 is 1.92 bits per heavy atom. The van der Waals surface area contributed by atoms with Crippen molar-refractivity contribution in [3.05, 3.63) is 22.6 Å². The number of aromatic nitrogens is 4. The summed E-state index contributed by atoms with van der Waals surface area (Å²) in [7, 11) is 0. The lowest BCUT2D eigenvalue weighted by Crippen LogP contribution is -2.71. The van der Waals surface area contributed by atoms with E-state index in [1.165, 1.54) is 39.8 Å². The monoisotopic (exact) mass is 771 g/mol. The normalized spacial score (nSPS) is 17.8. The Morgan fingerprint density at radius 1 is 1.16 bits per heavy atom. The lowest BCUT2D eigenvalue weighted by Gasteiger charge is -2.49. The van der Waals surface area contributed by atoms with Crippen molar-refractivity contribution in [3.8, 4) is 0 Å². The van der Waals surface area contributed by atoms with Gasteiger partial charge < -0.3 is 35.4 Å². The number of nitrogens with zero attached hydrogens (tertiary/aromatic N) is 6. The zero-order chi connectivity index (χ0) is 36.6. The van der Waals surface area contributed by atoms with Crippen LogP contribution in [0.3, 0.4) is 0 Å². The van der Waals surface area contributed by atoms with E-state index in [0.717, 1.165) is 11.5 Å². The molecule has 4 heterocycles. The number of hydrogen-bond donors (Lipinski definition) is 3. The molecule has 4 rings (SSSR count). The average Bonchev–Trinajstić information content (AvgIpc) is 3.72. The number of ether oxygens (including phenoxy) is 3. The predicted octanol–water partition coefficient (Wildman–Crippen LogP) is 2.14. The fourth-order valence-electron chi connectivity index (χ4n) is 4.06. The van der Waals surface area contributed by atoms with Crippen molar-refractivity contribution in [1.29, 1.82) is 0 Å². The first-order valence-corrected chi connectivity index (χ1v) is 18.7. The van der Waals surface area contributed by atoms with E-state index in [1.807, 2.05) is 0 Å². The molecule has 0 aromatic carbocycles. The van der Waals surface area contributed by atoms with Gasteiger partial charge in [0.1, 0.15) is 34.8 Å². The van der Waals surface area contributed by atoms with E-state index < -0.39 is 59.1 Å². The fourth-order valence-corrected chi connectivity index (χ4v) is 7.46. The molecule has 0 saturated carbocycles. The van der Waals surface area contributed by atoms with Crippen LogP contribution in [0.2, 0.25) is 0 Å². The molecule has 50 heavy (non-hydrogen) atoms. The highest BCUT2D eigenvalue weighted by atomic mass is 32.2. The number of oxime groups is 1. The van der Waals surface area contributed by atoms with Crippen molar-refractivity contribution in [1.82, 2.24) is 35.1 Å². The van der Waals surface area contributed by atoms with Crippen molar-refractivity contribution in [2.45, 2.75) is 69.3 Å². The number of carbonyl (C=O) groups is 5. The first-order chi connectivity index (χ1) is 23.5. The summed E-state index contributed by atoms with van der Waals surface area (Å²) in [5.74, 6) is -2.30. The van der Waals surface area contributed by atoms with E-state index in [0.29, 0.717) is 27.8 Å². The maximum Gasteiger partial charge on any atom is 0.407 e. The van der Waals surface area contributed by atoms with Crippen LogP contribution in [-0.2, 0) is 38.2 Å². The van der Waals surface area contributed by atoms with Crippen LogP contribution in [0, 0.1) is 5.41 Å². The zero-order valence-corrected chi connectivity index (χ0v) is 31.3. The van der Waals surface area contributed by atoms with Gasteiger partial charge in [0, 0.05) is 36.0 Å².